The van der Waals surface area contributed by atoms with E-state index < -0.39 is 0 Å². The summed E-state index contributed by atoms with van der Waals surface area (Å²) in [7, 11) is 0. The lowest BCUT2D eigenvalue weighted by Crippen LogP contribution is -1.98. The highest BCUT2D eigenvalue weighted by molar-refractivity contribution is 7.26. The molecule has 0 bridgehead atoms. The lowest BCUT2D eigenvalue weighted by atomic mass is 10.1. The largest absolute Gasteiger partial charge is 0.307 e. The summed E-state index contributed by atoms with van der Waals surface area (Å²) in [4.78, 5) is 0. The van der Waals surface area contributed by atoms with Gasteiger partial charge in [-0.25, -0.2) is 0 Å². The van der Waals surface area contributed by atoms with Crippen molar-refractivity contribution in [3.63, 3.8) is 0 Å². The summed E-state index contributed by atoms with van der Waals surface area (Å²) < 4.78 is 10.3. The van der Waals surface area contributed by atoms with Gasteiger partial charge in [-0.15, -0.1) is 22.7 Å². The summed E-state index contributed by atoms with van der Waals surface area (Å²) in [6.07, 6.45) is 0. The van der Waals surface area contributed by atoms with Crippen LogP contribution in [0.5, 0.6) is 0 Å². The van der Waals surface area contributed by atoms with Gasteiger partial charge in [0.15, 0.2) is 0 Å². The second kappa shape index (κ2) is 9.07. The molecule has 0 unspecified atom stereocenters. The number of hydrogen-bond acceptors (Lipinski definition) is 2. The van der Waals surface area contributed by atoms with Crippen LogP contribution in [0.15, 0.2) is 146 Å². The number of hydrogen-bond donors (Lipinski definition) is 0. The van der Waals surface area contributed by atoms with Gasteiger partial charge in [-0.3, -0.25) is 0 Å². The van der Waals surface area contributed by atoms with E-state index >= 15 is 0 Å². The Hall–Kier alpha value is -5.42. The molecule has 0 atom stereocenters. The highest BCUT2D eigenvalue weighted by atomic mass is 32.1. The molecule has 0 fully saturated rings. The lowest BCUT2D eigenvalue weighted by Gasteiger charge is -2.13. The van der Waals surface area contributed by atoms with E-state index in [2.05, 4.69) is 155 Å². The fourth-order valence-corrected chi connectivity index (χ4v) is 9.97. The Kier molecular flexibility index (Phi) is 4.90. The molecule has 0 aliphatic heterocycles. The van der Waals surface area contributed by atoms with Crippen molar-refractivity contribution in [3.05, 3.63) is 146 Å². The molecular weight excluding hydrogens is 597 g/mol. The molecular formula is C42H24N2S2. The van der Waals surface area contributed by atoms with E-state index in [1.165, 1.54) is 95.3 Å². The van der Waals surface area contributed by atoms with Crippen LogP contribution < -0.4 is 0 Å². The molecule has 46 heavy (non-hydrogen) atoms. The van der Waals surface area contributed by atoms with Crippen molar-refractivity contribution in [3.8, 4) is 11.4 Å². The van der Waals surface area contributed by atoms with Crippen molar-refractivity contribution in [2.45, 2.75) is 0 Å². The van der Waals surface area contributed by atoms with Gasteiger partial charge >= 0.3 is 0 Å². The number of para-hydroxylation sites is 2. The fraction of sp³-hybridized carbons (Fsp3) is 0. The summed E-state index contributed by atoms with van der Waals surface area (Å²) >= 11 is 3.75. The number of thiophene rings is 2. The Bertz CT molecular complexity index is 3040. The predicted molar refractivity (Wildman–Crippen MR) is 201 cm³/mol. The minimum absolute atomic E-state index is 1.19. The van der Waals surface area contributed by atoms with Crippen molar-refractivity contribution in [1.29, 1.82) is 0 Å². The molecule has 0 spiro atoms. The van der Waals surface area contributed by atoms with E-state index in [4.69, 9.17) is 0 Å². The van der Waals surface area contributed by atoms with Gasteiger partial charge in [0.1, 0.15) is 0 Å². The van der Waals surface area contributed by atoms with Crippen molar-refractivity contribution in [2.24, 2.45) is 0 Å². The summed E-state index contributed by atoms with van der Waals surface area (Å²) in [5.74, 6) is 0. The second-order valence-corrected chi connectivity index (χ2v) is 14.3. The summed E-state index contributed by atoms with van der Waals surface area (Å²) in [6, 6.07) is 54.0. The van der Waals surface area contributed by atoms with Crippen LogP contribution in [-0.4, -0.2) is 9.13 Å². The zero-order valence-electron chi connectivity index (χ0n) is 24.6. The van der Waals surface area contributed by atoms with Gasteiger partial charge in [-0.1, -0.05) is 91.0 Å². The lowest BCUT2D eigenvalue weighted by molar-refractivity contribution is 1.15. The van der Waals surface area contributed by atoms with Gasteiger partial charge in [0.2, 0.25) is 0 Å². The monoisotopic (exact) mass is 620 g/mol. The second-order valence-electron chi connectivity index (χ2n) is 12.1. The predicted octanol–water partition coefficient (Wildman–Crippen LogP) is 12.6. The molecule has 2 nitrogen and oxygen atoms in total. The smallest absolute Gasteiger partial charge is 0.0788 e. The van der Waals surface area contributed by atoms with Crippen LogP contribution in [0.3, 0.4) is 0 Å². The first-order valence-electron chi connectivity index (χ1n) is 15.6. The number of rotatable bonds is 2. The molecule has 11 rings (SSSR count). The zero-order valence-corrected chi connectivity index (χ0v) is 26.2. The molecule has 4 aromatic heterocycles. The van der Waals surface area contributed by atoms with Crippen LogP contribution in [0.2, 0.25) is 0 Å². The normalized spacial score (nSPS) is 12.3. The Morgan fingerprint density at radius 2 is 0.739 bits per heavy atom. The van der Waals surface area contributed by atoms with Gasteiger partial charge < -0.3 is 9.13 Å². The Morgan fingerprint density at radius 3 is 1.39 bits per heavy atom. The van der Waals surface area contributed by atoms with Crippen molar-refractivity contribution in [1.82, 2.24) is 9.13 Å². The van der Waals surface area contributed by atoms with Crippen molar-refractivity contribution >= 4 is 107 Å². The fourth-order valence-electron chi connectivity index (χ4n) is 7.74. The average Bonchev–Trinajstić information content (AvgIpc) is 3.85. The zero-order chi connectivity index (χ0) is 29.9. The maximum Gasteiger partial charge on any atom is 0.0788 e. The maximum absolute atomic E-state index is 2.51. The first-order valence-corrected chi connectivity index (χ1v) is 17.2. The molecule has 0 N–H and O–H groups in total. The standard InChI is InChI=1S/C42H24N2S2/c1-5-13-35-27(9-1)32-20-21-33-28-10-2-6-14-36(28)44(26-17-19-31-29-11-3-7-15-37(29)46-40(31)24-26)42(33)41(32)43(35)25-18-22-39-34(23-25)30-12-4-8-16-38(30)45-39/h1-24H. The number of fused-ring (bicyclic) bond motifs is 13. The third-order valence-corrected chi connectivity index (χ3v) is 12.0. The van der Waals surface area contributed by atoms with Crippen LogP contribution in [0, 0.1) is 0 Å². The van der Waals surface area contributed by atoms with Crippen LogP contribution in [0.25, 0.3) is 95.3 Å². The molecule has 7 aromatic carbocycles. The van der Waals surface area contributed by atoms with Crippen molar-refractivity contribution in [2.75, 3.05) is 0 Å². The van der Waals surface area contributed by atoms with Gasteiger partial charge in [0.05, 0.1) is 22.1 Å². The molecule has 4 heterocycles. The molecule has 0 saturated heterocycles. The van der Waals surface area contributed by atoms with Gasteiger partial charge in [-0.2, -0.15) is 0 Å². The minimum atomic E-state index is 1.19. The van der Waals surface area contributed by atoms with Gasteiger partial charge in [0.25, 0.3) is 0 Å². The SMILES string of the molecule is c1ccc2c(c1)sc1cc(-n3c4ccccc4c4ccc5c6ccccc6n(-c6ccc7sc8ccccc8c7c6)c5c43)ccc12. The van der Waals surface area contributed by atoms with E-state index in [1.807, 2.05) is 22.7 Å². The molecule has 4 heteroatoms. The maximum atomic E-state index is 2.51. The van der Waals surface area contributed by atoms with Gasteiger partial charge in [0, 0.05) is 73.3 Å². The topological polar surface area (TPSA) is 9.86 Å². The Balaban J connectivity index is 1.31. The first kappa shape index (κ1) is 24.8. The quantitative estimate of drug-likeness (QED) is 0.182. The third-order valence-electron chi connectivity index (χ3n) is 9.71. The van der Waals surface area contributed by atoms with E-state index in [1.54, 1.807) is 0 Å². The average molecular weight is 621 g/mol. The Labute approximate surface area is 271 Å². The molecule has 11 aromatic rings. The molecule has 214 valence electrons. The first-order chi connectivity index (χ1) is 22.8. The van der Waals surface area contributed by atoms with E-state index in [9.17, 15) is 0 Å². The van der Waals surface area contributed by atoms with E-state index in [0.29, 0.717) is 0 Å². The Morgan fingerprint density at radius 1 is 0.304 bits per heavy atom. The highest BCUT2D eigenvalue weighted by Crippen LogP contribution is 2.44. The van der Waals surface area contributed by atoms with Crippen LogP contribution >= 0.6 is 22.7 Å². The minimum Gasteiger partial charge on any atom is -0.307 e. The number of nitrogens with zero attached hydrogens (tertiary/aromatic N) is 2. The third kappa shape index (κ3) is 3.24. The summed E-state index contributed by atoms with van der Waals surface area (Å²) in [5, 5.41) is 10.4. The summed E-state index contributed by atoms with van der Waals surface area (Å²) in [5.41, 5.74) is 7.30. The van der Waals surface area contributed by atoms with Gasteiger partial charge in [-0.05, 0) is 54.6 Å². The molecule has 0 aliphatic carbocycles. The molecule has 0 amide bonds. The van der Waals surface area contributed by atoms with Crippen LogP contribution in [0.4, 0.5) is 0 Å². The van der Waals surface area contributed by atoms with Crippen LogP contribution in [0.1, 0.15) is 0 Å². The number of benzene rings is 7. The molecule has 0 saturated carbocycles. The number of aromatic nitrogens is 2. The van der Waals surface area contributed by atoms with Crippen molar-refractivity contribution < 1.29 is 0 Å². The van der Waals surface area contributed by atoms with E-state index in [0.717, 1.165) is 0 Å². The molecule has 0 radical (unpaired) electrons. The highest BCUT2D eigenvalue weighted by Gasteiger charge is 2.22. The van der Waals surface area contributed by atoms with E-state index in [-0.39, 0.29) is 0 Å². The summed E-state index contributed by atoms with van der Waals surface area (Å²) in [6.45, 7) is 0. The molecule has 0 aliphatic rings. The van der Waals surface area contributed by atoms with Crippen LogP contribution in [-0.2, 0) is 0 Å².